The number of rotatable bonds is 6. The second kappa shape index (κ2) is 8.43. The van der Waals surface area contributed by atoms with Gasteiger partial charge in [0.05, 0.1) is 5.92 Å². The summed E-state index contributed by atoms with van der Waals surface area (Å²) in [4.78, 5) is 23.6. The van der Waals surface area contributed by atoms with Crippen LogP contribution in [0.3, 0.4) is 0 Å². The molecule has 152 valence electrons. The molecule has 1 aliphatic carbocycles. The predicted molar refractivity (Wildman–Crippen MR) is 105 cm³/mol. The molecule has 0 spiro atoms. The summed E-state index contributed by atoms with van der Waals surface area (Å²) in [5.41, 5.74) is 1.64. The largest absolute Gasteiger partial charge is 0.489 e. The van der Waals surface area contributed by atoms with Crippen LogP contribution in [0.5, 0.6) is 17.2 Å². The third kappa shape index (κ3) is 4.62. The number of carbonyl (C=O) groups excluding carboxylic acids is 1. The van der Waals surface area contributed by atoms with Gasteiger partial charge in [0.1, 0.15) is 12.4 Å². The van der Waals surface area contributed by atoms with E-state index in [2.05, 4.69) is 5.32 Å². The lowest BCUT2D eigenvalue weighted by Crippen LogP contribution is -2.29. The Hall–Kier alpha value is -3.22. The van der Waals surface area contributed by atoms with E-state index in [4.69, 9.17) is 19.3 Å². The summed E-state index contributed by atoms with van der Waals surface area (Å²) in [5, 5.41) is 12.0. The monoisotopic (exact) mass is 397 g/mol. The van der Waals surface area contributed by atoms with Crippen molar-refractivity contribution >= 4 is 17.6 Å². The first-order valence-corrected chi connectivity index (χ1v) is 9.73. The second-order valence-corrected chi connectivity index (χ2v) is 7.38. The molecule has 0 aromatic heterocycles. The van der Waals surface area contributed by atoms with E-state index in [1.54, 1.807) is 6.07 Å². The molecule has 1 heterocycles. The number of amides is 1. The second-order valence-electron chi connectivity index (χ2n) is 7.38. The van der Waals surface area contributed by atoms with Crippen LogP contribution in [0.2, 0.25) is 0 Å². The Morgan fingerprint density at radius 1 is 1.00 bits per heavy atom. The molecule has 1 aliphatic heterocycles. The molecule has 7 nitrogen and oxygen atoms in total. The van der Waals surface area contributed by atoms with Gasteiger partial charge >= 0.3 is 5.97 Å². The Balaban J connectivity index is 1.31. The summed E-state index contributed by atoms with van der Waals surface area (Å²) in [7, 11) is 0. The van der Waals surface area contributed by atoms with Gasteiger partial charge in [-0.1, -0.05) is 12.1 Å². The van der Waals surface area contributed by atoms with Gasteiger partial charge in [-0.15, -0.1) is 0 Å². The molecule has 2 N–H and O–H groups in total. The van der Waals surface area contributed by atoms with Crippen molar-refractivity contribution in [2.45, 2.75) is 32.3 Å². The van der Waals surface area contributed by atoms with Crippen molar-refractivity contribution in [3.63, 3.8) is 0 Å². The van der Waals surface area contributed by atoms with E-state index in [1.165, 1.54) is 0 Å². The molecule has 2 aromatic carbocycles. The van der Waals surface area contributed by atoms with Gasteiger partial charge in [-0.2, -0.15) is 0 Å². The van der Waals surface area contributed by atoms with Crippen LogP contribution in [-0.2, 0) is 16.2 Å². The summed E-state index contributed by atoms with van der Waals surface area (Å²) < 4.78 is 16.5. The molecule has 4 rings (SSSR count). The summed E-state index contributed by atoms with van der Waals surface area (Å²) in [5.74, 6) is 0.774. The molecule has 2 aliphatic rings. The number of anilines is 1. The smallest absolute Gasteiger partial charge is 0.306 e. The number of ether oxygens (including phenoxy) is 3. The highest BCUT2D eigenvalue weighted by molar-refractivity contribution is 5.92. The number of fused-ring (bicyclic) bond motifs is 1. The maximum Gasteiger partial charge on any atom is 0.306 e. The van der Waals surface area contributed by atoms with Crippen LogP contribution >= 0.6 is 0 Å². The number of carboxylic acids is 1. The number of benzene rings is 2. The molecule has 0 bridgehead atoms. The van der Waals surface area contributed by atoms with Crippen molar-refractivity contribution in [2.24, 2.45) is 11.8 Å². The van der Waals surface area contributed by atoms with E-state index in [-0.39, 0.29) is 24.5 Å². The van der Waals surface area contributed by atoms with Crippen LogP contribution in [0.4, 0.5) is 5.69 Å². The first-order valence-electron chi connectivity index (χ1n) is 9.73. The van der Waals surface area contributed by atoms with Gasteiger partial charge in [0.15, 0.2) is 11.5 Å². The highest BCUT2D eigenvalue weighted by atomic mass is 16.7. The topological polar surface area (TPSA) is 94.1 Å². The van der Waals surface area contributed by atoms with Crippen molar-refractivity contribution in [1.82, 2.24) is 0 Å². The Labute approximate surface area is 168 Å². The molecule has 1 saturated carbocycles. The van der Waals surface area contributed by atoms with Crippen LogP contribution in [-0.4, -0.2) is 23.8 Å². The zero-order valence-corrected chi connectivity index (χ0v) is 15.9. The summed E-state index contributed by atoms with van der Waals surface area (Å²) in [6.07, 6.45) is 2.32. The molecule has 29 heavy (non-hydrogen) atoms. The molecule has 7 heteroatoms. The third-order valence-corrected chi connectivity index (χ3v) is 5.39. The Bertz CT molecular complexity index is 904. The minimum absolute atomic E-state index is 0.0531. The molecule has 1 fully saturated rings. The average Bonchev–Trinajstić information content (AvgIpc) is 3.20. The Kier molecular flexibility index (Phi) is 5.55. The molecular weight excluding hydrogens is 374 g/mol. The van der Waals surface area contributed by atoms with E-state index in [0.717, 1.165) is 5.56 Å². The maximum absolute atomic E-state index is 12.5. The fraction of sp³-hybridized carbons (Fsp3) is 0.364. The molecule has 0 unspecified atom stereocenters. The normalized spacial score (nSPS) is 20.1. The van der Waals surface area contributed by atoms with Gasteiger partial charge in [-0.05, 0) is 55.5 Å². The lowest BCUT2D eigenvalue weighted by atomic mass is 9.81. The first-order chi connectivity index (χ1) is 14.1. The van der Waals surface area contributed by atoms with Crippen LogP contribution in [0.1, 0.15) is 31.2 Å². The number of carbonyl (C=O) groups is 2. The van der Waals surface area contributed by atoms with Gasteiger partial charge in [0, 0.05) is 17.7 Å². The minimum Gasteiger partial charge on any atom is -0.489 e. The standard InChI is InChI=1S/C22H23NO6/c24-21(15-4-6-16(7-5-15)22(25)26)23-17-3-1-2-14(10-17)12-27-18-8-9-19-20(11-18)29-13-28-19/h1-3,8-11,15-16H,4-7,12-13H2,(H,23,24)(H,25,26). The summed E-state index contributed by atoms with van der Waals surface area (Å²) in [6, 6.07) is 13.0. The van der Waals surface area contributed by atoms with Crippen LogP contribution in [0, 0.1) is 11.8 Å². The first kappa shape index (κ1) is 19.1. The predicted octanol–water partition coefficient (Wildman–Crippen LogP) is 3.82. The number of carboxylic acid groups (broad SMARTS) is 1. The fourth-order valence-corrected chi connectivity index (χ4v) is 3.72. The molecular formula is C22H23NO6. The highest BCUT2D eigenvalue weighted by Crippen LogP contribution is 2.35. The molecule has 1 amide bonds. The van der Waals surface area contributed by atoms with Gasteiger partial charge in [-0.25, -0.2) is 0 Å². The van der Waals surface area contributed by atoms with Crippen molar-refractivity contribution < 1.29 is 28.9 Å². The van der Waals surface area contributed by atoms with E-state index in [1.807, 2.05) is 36.4 Å². The van der Waals surface area contributed by atoms with Gasteiger partial charge < -0.3 is 24.6 Å². The van der Waals surface area contributed by atoms with Crippen molar-refractivity contribution in [3.8, 4) is 17.2 Å². The third-order valence-electron chi connectivity index (χ3n) is 5.39. The van der Waals surface area contributed by atoms with Crippen molar-refractivity contribution in [1.29, 1.82) is 0 Å². The quantitative estimate of drug-likeness (QED) is 0.770. The number of aliphatic carboxylic acids is 1. The minimum atomic E-state index is -0.765. The lowest BCUT2D eigenvalue weighted by Gasteiger charge is -2.25. The van der Waals surface area contributed by atoms with Crippen LogP contribution in [0.25, 0.3) is 0 Å². The van der Waals surface area contributed by atoms with E-state index in [0.29, 0.717) is 55.2 Å². The number of hydrogen-bond donors (Lipinski definition) is 2. The fourth-order valence-electron chi connectivity index (χ4n) is 3.72. The van der Waals surface area contributed by atoms with Gasteiger partial charge in [-0.3, -0.25) is 9.59 Å². The highest BCUT2D eigenvalue weighted by Gasteiger charge is 2.29. The Morgan fingerprint density at radius 2 is 1.76 bits per heavy atom. The van der Waals surface area contributed by atoms with E-state index < -0.39 is 5.97 Å². The molecule has 0 radical (unpaired) electrons. The Morgan fingerprint density at radius 3 is 2.55 bits per heavy atom. The van der Waals surface area contributed by atoms with E-state index in [9.17, 15) is 9.59 Å². The molecule has 0 atom stereocenters. The van der Waals surface area contributed by atoms with Gasteiger partial charge in [0.2, 0.25) is 12.7 Å². The SMILES string of the molecule is O=C(O)C1CCC(C(=O)Nc2cccc(COc3ccc4c(c3)OCO4)c2)CC1. The molecule has 2 aromatic rings. The summed E-state index contributed by atoms with van der Waals surface area (Å²) in [6.45, 7) is 0.575. The van der Waals surface area contributed by atoms with Gasteiger partial charge in [0.25, 0.3) is 0 Å². The van der Waals surface area contributed by atoms with Crippen LogP contribution in [0.15, 0.2) is 42.5 Å². The number of nitrogens with one attached hydrogen (secondary N) is 1. The van der Waals surface area contributed by atoms with Crippen molar-refractivity contribution in [2.75, 3.05) is 12.1 Å². The van der Waals surface area contributed by atoms with Crippen molar-refractivity contribution in [3.05, 3.63) is 48.0 Å². The summed E-state index contributed by atoms with van der Waals surface area (Å²) >= 11 is 0. The van der Waals surface area contributed by atoms with E-state index >= 15 is 0 Å². The molecule has 0 saturated heterocycles. The zero-order chi connectivity index (χ0) is 20.2. The average molecular weight is 397 g/mol. The zero-order valence-electron chi connectivity index (χ0n) is 15.9. The number of hydrogen-bond acceptors (Lipinski definition) is 5. The lowest BCUT2D eigenvalue weighted by molar-refractivity contribution is -0.143. The van der Waals surface area contributed by atoms with Crippen LogP contribution < -0.4 is 19.5 Å². The maximum atomic E-state index is 12.5.